The Morgan fingerprint density at radius 1 is 1.20 bits per heavy atom. The molecule has 2 atom stereocenters. The smallest absolute Gasteiger partial charge is 0.161 e. The third-order valence-electron chi connectivity index (χ3n) is 4.06. The maximum atomic E-state index is 10.1. The van der Waals surface area contributed by atoms with Crippen molar-refractivity contribution in [1.82, 2.24) is 0 Å². The van der Waals surface area contributed by atoms with Crippen LogP contribution in [0, 0.1) is 5.92 Å². The Kier molecular flexibility index (Phi) is 5.72. The van der Waals surface area contributed by atoms with E-state index in [0.29, 0.717) is 12.5 Å². The summed E-state index contributed by atoms with van der Waals surface area (Å²) in [6, 6.07) is 6.12. The fourth-order valence-corrected chi connectivity index (χ4v) is 2.90. The van der Waals surface area contributed by atoms with Crippen LogP contribution in [0.1, 0.15) is 44.6 Å². The maximum Gasteiger partial charge on any atom is 0.161 e. The molecule has 1 aromatic carbocycles. The molecule has 112 valence electrons. The van der Waals surface area contributed by atoms with Crippen LogP contribution in [0.3, 0.4) is 0 Å². The second-order valence-electron chi connectivity index (χ2n) is 5.65. The van der Waals surface area contributed by atoms with E-state index in [2.05, 4.69) is 19.1 Å². The molecule has 1 saturated carbocycles. The van der Waals surface area contributed by atoms with Crippen molar-refractivity contribution >= 4 is 0 Å². The van der Waals surface area contributed by atoms with Crippen LogP contribution in [-0.2, 0) is 6.42 Å². The first-order chi connectivity index (χ1) is 9.74. The number of methoxy groups -OCH3 is 1. The molecule has 3 heteroatoms. The van der Waals surface area contributed by atoms with Crippen molar-refractivity contribution in [2.24, 2.45) is 5.92 Å². The van der Waals surface area contributed by atoms with Gasteiger partial charge in [0.15, 0.2) is 11.5 Å². The summed E-state index contributed by atoms with van der Waals surface area (Å²) in [5.41, 5.74) is 1.22. The van der Waals surface area contributed by atoms with Crippen LogP contribution in [0.5, 0.6) is 11.5 Å². The molecule has 1 aliphatic rings. The first kappa shape index (κ1) is 15.2. The van der Waals surface area contributed by atoms with Crippen molar-refractivity contribution in [1.29, 1.82) is 0 Å². The van der Waals surface area contributed by atoms with E-state index in [1.54, 1.807) is 7.11 Å². The van der Waals surface area contributed by atoms with Crippen LogP contribution in [0.25, 0.3) is 0 Å². The summed E-state index contributed by atoms with van der Waals surface area (Å²) >= 11 is 0. The molecule has 0 aromatic heterocycles. The predicted molar refractivity (Wildman–Crippen MR) is 80.4 cm³/mol. The van der Waals surface area contributed by atoms with Gasteiger partial charge in [-0.1, -0.05) is 25.8 Å². The minimum Gasteiger partial charge on any atom is -0.493 e. The van der Waals surface area contributed by atoms with Gasteiger partial charge in [0.2, 0.25) is 0 Å². The number of ether oxygens (including phenoxy) is 2. The lowest BCUT2D eigenvalue weighted by Crippen LogP contribution is -2.26. The average Bonchev–Trinajstić information content (AvgIpc) is 2.47. The van der Waals surface area contributed by atoms with Gasteiger partial charge in [0, 0.05) is 0 Å². The van der Waals surface area contributed by atoms with Gasteiger partial charge >= 0.3 is 0 Å². The Labute approximate surface area is 121 Å². The van der Waals surface area contributed by atoms with Crippen molar-refractivity contribution in [2.75, 3.05) is 13.7 Å². The SMILES string of the molecule is CCCOc1cc(CC2CCCCC2O)ccc1OC. The van der Waals surface area contributed by atoms with E-state index in [1.807, 2.05) is 6.07 Å². The maximum absolute atomic E-state index is 10.1. The summed E-state index contributed by atoms with van der Waals surface area (Å²) in [6.45, 7) is 2.79. The second-order valence-corrected chi connectivity index (χ2v) is 5.65. The minimum absolute atomic E-state index is 0.147. The Morgan fingerprint density at radius 3 is 2.70 bits per heavy atom. The molecule has 0 saturated heterocycles. The first-order valence-electron chi connectivity index (χ1n) is 7.72. The summed E-state index contributed by atoms with van der Waals surface area (Å²) in [7, 11) is 1.67. The highest BCUT2D eigenvalue weighted by atomic mass is 16.5. The monoisotopic (exact) mass is 278 g/mol. The molecule has 0 heterocycles. The van der Waals surface area contributed by atoms with Gasteiger partial charge in [-0.15, -0.1) is 0 Å². The topological polar surface area (TPSA) is 38.7 Å². The zero-order valence-electron chi connectivity index (χ0n) is 12.6. The van der Waals surface area contributed by atoms with Crippen molar-refractivity contribution < 1.29 is 14.6 Å². The largest absolute Gasteiger partial charge is 0.493 e. The van der Waals surface area contributed by atoms with Crippen LogP contribution >= 0.6 is 0 Å². The van der Waals surface area contributed by atoms with Crippen molar-refractivity contribution in [3.63, 3.8) is 0 Å². The van der Waals surface area contributed by atoms with Gasteiger partial charge in [-0.2, -0.15) is 0 Å². The number of hydrogen-bond donors (Lipinski definition) is 1. The Morgan fingerprint density at radius 2 is 2.00 bits per heavy atom. The van der Waals surface area contributed by atoms with Gasteiger partial charge in [-0.3, -0.25) is 0 Å². The second kappa shape index (κ2) is 7.53. The van der Waals surface area contributed by atoms with Gasteiger partial charge in [-0.05, 0) is 49.3 Å². The minimum atomic E-state index is -0.147. The highest BCUT2D eigenvalue weighted by molar-refractivity contribution is 5.43. The van der Waals surface area contributed by atoms with Crippen LogP contribution in [0.2, 0.25) is 0 Å². The van der Waals surface area contributed by atoms with E-state index < -0.39 is 0 Å². The molecule has 0 spiro atoms. The molecule has 1 fully saturated rings. The fraction of sp³-hybridized carbons (Fsp3) is 0.647. The lowest BCUT2D eigenvalue weighted by Gasteiger charge is -2.27. The summed E-state index contributed by atoms with van der Waals surface area (Å²) < 4.78 is 11.1. The zero-order valence-corrected chi connectivity index (χ0v) is 12.6. The molecular formula is C17H26O3. The quantitative estimate of drug-likeness (QED) is 0.864. The number of hydrogen-bond acceptors (Lipinski definition) is 3. The molecule has 0 aliphatic heterocycles. The number of aliphatic hydroxyl groups is 1. The summed E-state index contributed by atoms with van der Waals surface area (Å²) in [5, 5.41) is 10.1. The molecule has 20 heavy (non-hydrogen) atoms. The number of benzene rings is 1. The number of rotatable bonds is 6. The van der Waals surface area contributed by atoms with E-state index in [0.717, 1.165) is 43.6 Å². The molecule has 1 N–H and O–H groups in total. The molecule has 0 radical (unpaired) electrons. The number of aliphatic hydroxyl groups excluding tert-OH is 1. The Bertz CT molecular complexity index is 417. The molecule has 3 nitrogen and oxygen atoms in total. The van der Waals surface area contributed by atoms with Crippen LogP contribution in [-0.4, -0.2) is 24.9 Å². The van der Waals surface area contributed by atoms with E-state index >= 15 is 0 Å². The van der Waals surface area contributed by atoms with E-state index in [9.17, 15) is 5.11 Å². The molecule has 2 unspecified atom stereocenters. The molecule has 1 aromatic rings. The van der Waals surface area contributed by atoms with E-state index in [1.165, 1.54) is 12.0 Å². The first-order valence-corrected chi connectivity index (χ1v) is 7.72. The van der Waals surface area contributed by atoms with Crippen LogP contribution < -0.4 is 9.47 Å². The predicted octanol–water partition coefficient (Wildman–Crippen LogP) is 3.58. The van der Waals surface area contributed by atoms with Gasteiger partial charge in [0.05, 0.1) is 19.8 Å². The average molecular weight is 278 g/mol. The normalized spacial score (nSPS) is 22.6. The highest BCUT2D eigenvalue weighted by Gasteiger charge is 2.23. The molecule has 1 aliphatic carbocycles. The van der Waals surface area contributed by atoms with E-state index in [-0.39, 0.29) is 6.10 Å². The lowest BCUT2D eigenvalue weighted by molar-refractivity contribution is 0.0700. The third kappa shape index (κ3) is 3.89. The van der Waals surface area contributed by atoms with Crippen molar-refractivity contribution in [2.45, 2.75) is 51.6 Å². The fourth-order valence-electron chi connectivity index (χ4n) is 2.90. The summed E-state index contributed by atoms with van der Waals surface area (Å²) in [6.07, 6.45) is 6.22. The van der Waals surface area contributed by atoms with Crippen LogP contribution in [0.4, 0.5) is 0 Å². The van der Waals surface area contributed by atoms with Gasteiger partial charge < -0.3 is 14.6 Å². The zero-order chi connectivity index (χ0) is 14.4. The Balaban J connectivity index is 2.07. The van der Waals surface area contributed by atoms with Crippen LogP contribution in [0.15, 0.2) is 18.2 Å². The molecular weight excluding hydrogens is 252 g/mol. The highest BCUT2D eigenvalue weighted by Crippen LogP contribution is 2.32. The Hall–Kier alpha value is -1.22. The summed E-state index contributed by atoms with van der Waals surface area (Å²) in [4.78, 5) is 0. The van der Waals surface area contributed by atoms with Gasteiger partial charge in [0.25, 0.3) is 0 Å². The molecule has 0 amide bonds. The lowest BCUT2D eigenvalue weighted by atomic mass is 9.82. The standard InChI is InChI=1S/C17H26O3/c1-3-10-20-17-12-13(8-9-16(17)19-2)11-14-6-4-5-7-15(14)18/h8-9,12,14-15,18H,3-7,10-11H2,1-2H3. The van der Waals surface area contributed by atoms with Crippen molar-refractivity contribution in [3.8, 4) is 11.5 Å². The summed E-state index contributed by atoms with van der Waals surface area (Å²) in [5.74, 6) is 1.99. The molecule has 2 rings (SSSR count). The third-order valence-corrected chi connectivity index (χ3v) is 4.06. The van der Waals surface area contributed by atoms with E-state index in [4.69, 9.17) is 9.47 Å². The van der Waals surface area contributed by atoms with Gasteiger partial charge in [0.1, 0.15) is 0 Å². The molecule has 0 bridgehead atoms. The van der Waals surface area contributed by atoms with Crippen molar-refractivity contribution in [3.05, 3.63) is 23.8 Å². The van der Waals surface area contributed by atoms with Gasteiger partial charge in [-0.25, -0.2) is 0 Å².